The van der Waals surface area contributed by atoms with Crippen LogP contribution in [0.2, 0.25) is 0 Å². The number of ether oxygens (including phenoxy) is 2. The Morgan fingerprint density at radius 2 is 1.35 bits per heavy atom. The number of anilines is 4. The Bertz CT molecular complexity index is 3890. The van der Waals surface area contributed by atoms with Crippen molar-refractivity contribution in [1.82, 2.24) is 9.55 Å². The predicted molar refractivity (Wildman–Crippen MR) is 278 cm³/mol. The van der Waals surface area contributed by atoms with Gasteiger partial charge in [-0.2, -0.15) is 12.1 Å². The first-order valence-corrected chi connectivity index (χ1v) is 22.9. The first kappa shape index (κ1) is 37.6. The fourth-order valence-electron chi connectivity index (χ4n) is 9.50. The maximum atomic E-state index is 9.43. The molecule has 0 unspecified atom stereocenters. The normalized spacial score (nSPS) is 14.3. The number of fused-ring (bicyclic) bond motifs is 5. The number of rotatable bonds is 3. The van der Waals surface area contributed by atoms with Gasteiger partial charge in [0, 0.05) is 80.8 Å². The van der Waals surface area contributed by atoms with Gasteiger partial charge in [-0.1, -0.05) is 125 Å². The first-order valence-electron chi connectivity index (χ1n) is 25.9. The van der Waals surface area contributed by atoms with Crippen LogP contribution in [-0.2, 0) is 32.9 Å². The fraction of sp³-hybridized carbons (Fsp3) is 0.129. The summed E-state index contributed by atoms with van der Waals surface area (Å²) in [5.41, 5.74) is 10.5. The van der Waals surface area contributed by atoms with Crippen LogP contribution in [0.25, 0.3) is 61.0 Å². The maximum absolute atomic E-state index is 9.43. The van der Waals surface area contributed by atoms with E-state index in [9.17, 15) is 4.11 Å². The van der Waals surface area contributed by atoms with Crippen LogP contribution in [0, 0.1) is 24.7 Å². The molecule has 14 rings (SSSR count). The summed E-state index contributed by atoms with van der Waals surface area (Å²) in [6.07, 6.45) is 0.159. The zero-order chi connectivity index (χ0) is 51.4. The topological polar surface area (TPSA) is 42.8 Å². The molecular formula is C62H49N4O2Pt-3. The summed E-state index contributed by atoms with van der Waals surface area (Å²) >= 11 is 0. The number of nitrogens with zero attached hydrogens (tertiary/aromatic N) is 4. The molecule has 6 heterocycles. The quantitative estimate of drug-likeness (QED) is 0.165. The number of benzene rings is 8. The summed E-state index contributed by atoms with van der Waals surface area (Å²) in [6.45, 7) is 12.3. The number of hydrogen-bond donors (Lipinski definition) is 0. The number of aromatic nitrogens is 2. The van der Waals surface area contributed by atoms with Crippen molar-refractivity contribution in [3.63, 3.8) is 0 Å². The van der Waals surface area contributed by atoms with Gasteiger partial charge < -0.3 is 23.8 Å². The summed E-state index contributed by atoms with van der Waals surface area (Å²) in [6, 6.07) is 55.4. The Kier molecular flexibility index (Phi) is 9.58. The molecule has 0 amide bonds. The fourth-order valence-corrected chi connectivity index (χ4v) is 9.50. The molecule has 8 aromatic carbocycles. The number of hydrogen-bond acceptors (Lipinski definition) is 5. The summed E-state index contributed by atoms with van der Waals surface area (Å²) in [5.74, 6) is 2.14. The van der Waals surface area contributed by atoms with Gasteiger partial charge in [-0.15, -0.1) is 48.1 Å². The van der Waals surface area contributed by atoms with E-state index in [2.05, 4.69) is 67.0 Å². The Labute approximate surface area is 427 Å². The molecule has 0 saturated heterocycles. The van der Waals surface area contributed by atoms with E-state index in [0.717, 1.165) is 56.0 Å². The van der Waals surface area contributed by atoms with Crippen LogP contribution in [0.15, 0.2) is 182 Å². The van der Waals surface area contributed by atoms with Crippen molar-refractivity contribution in [3.8, 4) is 62.2 Å². The molecule has 10 aromatic rings. The van der Waals surface area contributed by atoms with E-state index in [1.165, 1.54) is 0 Å². The van der Waals surface area contributed by atoms with Gasteiger partial charge in [0.25, 0.3) is 0 Å². The summed E-state index contributed by atoms with van der Waals surface area (Å²) < 4.78 is 69.8. The SMILES string of the molecule is [2H]c1c([2H])c([2H])c2c(c1[2H])c1ccc3[c-]c1n2-c1cc(C(C)(C)C)c(cn1)-c1cccc(c1)Oc1ccc(cc1)-c1cc(C([2H])([2H])C(C)C)cc(-c2ccccc2)c1N1[CH-]N(c2[c-]c(ccc2)O3)c2ccccc21.[Pt]. The van der Waals surface area contributed by atoms with Gasteiger partial charge in [-0.3, -0.25) is 0 Å². The zero-order valence-corrected chi connectivity index (χ0v) is 40.9. The van der Waals surface area contributed by atoms with E-state index in [1.54, 1.807) is 10.6 Å². The Morgan fingerprint density at radius 1 is 0.652 bits per heavy atom. The average Bonchev–Trinajstić information content (AvgIpc) is 3.99. The third-order valence-electron chi connectivity index (χ3n) is 12.5. The van der Waals surface area contributed by atoms with Crippen molar-refractivity contribution in [2.75, 3.05) is 9.80 Å². The molecule has 0 spiro atoms. The van der Waals surface area contributed by atoms with Crippen molar-refractivity contribution in [1.29, 1.82) is 0 Å². The van der Waals surface area contributed by atoms with Crippen molar-refractivity contribution in [2.45, 2.75) is 46.4 Å². The summed E-state index contributed by atoms with van der Waals surface area (Å²) in [5, 5.41) is 0.928. The van der Waals surface area contributed by atoms with E-state index in [4.69, 9.17) is 18.6 Å². The third-order valence-corrected chi connectivity index (χ3v) is 12.5. The third kappa shape index (κ3) is 8.07. The zero-order valence-electron chi connectivity index (χ0n) is 44.6. The average molecular weight is 1080 g/mol. The smallest absolute Gasteiger partial charge is 0.135 e. The van der Waals surface area contributed by atoms with Crippen LogP contribution in [0.3, 0.4) is 0 Å². The van der Waals surface area contributed by atoms with E-state index < -0.39 is 11.8 Å². The van der Waals surface area contributed by atoms with Gasteiger partial charge in [-0.25, -0.2) is 4.98 Å². The molecule has 0 aliphatic carbocycles. The Hall–Kier alpha value is -7.40. The molecule has 0 fully saturated rings. The Morgan fingerprint density at radius 3 is 2.12 bits per heavy atom. The number of pyridine rings is 1. The van der Waals surface area contributed by atoms with Crippen LogP contribution in [0.4, 0.5) is 22.7 Å². The van der Waals surface area contributed by atoms with E-state index in [1.807, 2.05) is 148 Å². The molecule has 7 heteroatoms. The van der Waals surface area contributed by atoms with E-state index in [0.29, 0.717) is 56.4 Å². The summed E-state index contributed by atoms with van der Waals surface area (Å²) in [7, 11) is 0. The molecule has 4 aliphatic rings. The molecule has 0 atom stereocenters. The molecule has 0 radical (unpaired) electrons. The van der Waals surface area contributed by atoms with Crippen LogP contribution < -0.4 is 19.3 Å². The standard InChI is InChI=1S/C62H49N4O2.Pt/c1-40(2)31-41-32-52(42-15-7-6-8-16-42)61-53(33-41)43-25-27-46(28-26-43)67-47-19-13-17-44(34-47)54-38-63-60(37-55(54)62(3,4)5)66-56-22-10-9-21-50(56)51-30-29-49(36-59(51)66)68-48-20-14-18-45(35-48)64-39-65(61)58-24-12-11-23-57(58)64;/h6-30,32-34,37-40H,31H2,1-5H3;/q-3;/i9D,10D,21D,22D,31D2;. The van der Waals surface area contributed by atoms with Crippen LogP contribution in [-0.4, -0.2) is 9.55 Å². The van der Waals surface area contributed by atoms with Crippen LogP contribution in [0.1, 0.15) is 54.0 Å². The first-order chi connectivity index (χ1) is 35.5. The van der Waals surface area contributed by atoms with Gasteiger partial charge in [-0.05, 0) is 112 Å². The second-order valence-corrected chi connectivity index (χ2v) is 18.6. The molecule has 6 nitrogen and oxygen atoms in total. The second-order valence-electron chi connectivity index (χ2n) is 18.6. The molecule has 0 saturated carbocycles. The van der Waals surface area contributed by atoms with Crippen molar-refractivity contribution < 1.29 is 38.8 Å². The van der Waals surface area contributed by atoms with Crippen molar-refractivity contribution >= 4 is 44.6 Å². The molecule has 4 aliphatic heterocycles. The Balaban J connectivity index is 0.00000602. The molecule has 69 heavy (non-hydrogen) atoms. The van der Waals surface area contributed by atoms with Crippen LogP contribution >= 0.6 is 0 Å². The van der Waals surface area contributed by atoms with Gasteiger partial charge in [0.2, 0.25) is 0 Å². The minimum absolute atomic E-state index is 0. The minimum atomic E-state index is -1.66. The minimum Gasteiger partial charge on any atom is -0.509 e. The van der Waals surface area contributed by atoms with Gasteiger partial charge in [0.1, 0.15) is 17.3 Å². The predicted octanol–water partition coefficient (Wildman–Crippen LogP) is 16.6. The van der Waals surface area contributed by atoms with E-state index >= 15 is 0 Å². The number of para-hydroxylation sites is 3. The van der Waals surface area contributed by atoms with Crippen molar-refractivity contribution in [3.05, 3.63) is 212 Å². The van der Waals surface area contributed by atoms with E-state index in [-0.39, 0.29) is 56.7 Å². The summed E-state index contributed by atoms with van der Waals surface area (Å²) in [4.78, 5) is 9.31. The van der Waals surface area contributed by atoms with Gasteiger partial charge >= 0.3 is 0 Å². The molecule has 0 N–H and O–H groups in total. The molecular weight excluding hydrogens is 1030 g/mol. The monoisotopic (exact) mass is 1080 g/mol. The molecule has 12 bridgehead atoms. The van der Waals surface area contributed by atoms with Gasteiger partial charge in [0.05, 0.1) is 5.48 Å². The maximum Gasteiger partial charge on any atom is 0.135 e. The molecule has 2 aromatic heterocycles. The largest absolute Gasteiger partial charge is 0.509 e. The second kappa shape index (κ2) is 17.6. The van der Waals surface area contributed by atoms with Crippen molar-refractivity contribution in [2.24, 2.45) is 5.92 Å². The van der Waals surface area contributed by atoms with Gasteiger partial charge in [0.15, 0.2) is 0 Å². The molecule has 342 valence electrons. The van der Waals surface area contributed by atoms with Crippen LogP contribution in [0.5, 0.6) is 23.0 Å².